The highest BCUT2D eigenvalue weighted by atomic mass is 32.2. The number of thioether (sulfide) groups is 1. The second-order valence-corrected chi connectivity index (χ2v) is 21.2. The van der Waals surface area contributed by atoms with Crippen LogP contribution in [0.4, 0.5) is 5.69 Å². The van der Waals surface area contributed by atoms with Crippen molar-refractivity contribution < 1.29 is 23.9 Å². The lowest BCUT2D eigenvalue weighted by Gasteiger charge is -2.58. The predicted molar refractivity (Wildman–Crippen MR) is 244 cm³/mol. The van der Waals surface area contributed by atoms with Crippen LogP contribution in [0.1, 0.15) is 124 Å². The first-order chi connectivity index (χ1) is 28.1. The molecule has 9 nitrogen and oxygen atoms in total. The SMILES string of the molecule is CN[C@]1(C(=O)C(N)CS)CCc2ccccc2N(C(CSC)[C@H](NC(C)=O)C(=O)OC2CC[C@@]3(C)C(=CCC4C3CC[C@@]3(C)C4CC[C@@H]3[C@H](C)CCCC(C)C)C2)C1=O. The second kappa shape index (κ2) is 19.0. The molecule has 0 bridgehead atoms. The number of benzene rings is 1. The maximum Gasteiger partial charge on any atom is 0.331 e. The van der Waals surface area contributed by atoms with Crippen LogP contribution in [0.5, 0.6) is 0 Å². The summed E-state index contributed by atoms with van der Waals surface area (Å²) in [6.07, 6.45) is 17.6. The van der Waals surface area contributed by atoms with Crippen LogP contribution < -0.4 is 21.3 Å². The van der Waals surface area contributed by atoms with E-state index in [0.29, 0.717) is 41.5 Å². The fourth-order valence-electron chi connectivity index (χ4n) is 13.0. The first-order valence-electron chi connectivity index (χ1n) is 22.7. The molecule has 0 radical (unpaired) electrons. The Kier molecular flexibility index (Phi) is 14.8. The molecule has 4 aliphatic carbocycles. The molecule has 5 aliphatic rings. The van der Waals surface area contributed by atoms with Crippen molar-refractivity contribution in [1.82, 2.24) is 10.6 Å². The molecular formula is C48H74N4O5S2. The zero-order chi connectivity index (χ0) is 42.9. The van der Waals surface area contributed by atoms with Gasteiger partial charge in [0.2, 0.25) is 5.91 Å². The molecule has 6 unspecified atom stereocenters. The lowest BCUT2D eigenvalue weighted by molar-refractivity contribution is -0.155. The van der Waals surface area contributed by atoms with Crippen molar-refractivity contribution >= 4 is 53.6 Å². The number of aryl methyl sites for hydroxylation is 1. The Hall–Kier alpha value is -2.34. The van der Waals surface area contributed by atoms with Gasteiger partial charge in [0, 0.05) is 30.5 Å². The van der Waals surface area contributed by atoms with Gasteiger partial charge in [-0.05, 0) is 129 Å². The molecule has 328 valence electrons. The van der Waals surface area contributed by atoms with Crippen LogP contribution in [0.15, 0.2) is 35.9 Å². The third-order valence-corrected chi connectivity index (χ3v) is 17.3. The average Bonchev–Trinajstić information content (AvgIpc) is 3.51. The van der Waals surface area contributed by atoms with Crippen molar-refractivity contribution in [2.45, 2.75) is 155 Å². The van der Waals surface area contributed by atoms with E-state index in [2.05, 4.69) is 64.0 Å². The number of para-hydroxylation sites is 1. The molecule has 59 heavy (non-hydrogen) atoms. The summed E-state index contributed by atoms with van der Waals surface area (Å²) < 4.78 is 6.46. The Morgan fingerprint density at radius 2 is 1.78 bits per heavy atom. The molecule has 1 heterocycles. The minimum Gasteiger partial charge on any atom is -0.460 e. The lowest BCUT2D eigenvalue weighted by Crippen LogP contribution is -2.69. The molecule has 0 saturated heterocycles. The van der Waals surface area contributed by atoms with Crippen molar-refractivity contribution in [1.29, 1.82) is 0 Å². The van der Waals surface area contributed by atoms with Gasteiger partial charge in [-0.2, -0.15) is 24.4 Å². The van der Waals surface area contributed by atoms with E-state index in [1.54, 1.807) is 11.9 Å². The maximum absolute atomic E-state index is 15.0. The maximum atomic E-state index is 15.0. The van der Waals surface area contributed by atoms with Gasteiger partial charge in [-0.25, -0.2) is 4.79 Å². The number of anilines is 1. The van der Waals surface area contributed by atoms with Gasteiger partial charge in [0.1, 0.15) is 12.1 Å². The fourth-order valence-corrected chi connectivity index (χ4v) is 13.9. The smallest absolute Gasteiger partial charge is 0.331 e. The monoisotopic (exact) mass is 851 g/mol. The number of thiol groups is 1. The minimum absolute atomic E-state index is 0.0776. The van der Waals surface area contributed by atoms with Crippen LogP contribution in [-0.4, -0.2) is 78.1 Å². The number of carbonyl (C=O) groups excluding carboxylic acids is 4. The number of nitrogens with two attached hydrogens (primary N) is 1. The molecule has 0 aromatic heterocycles. The number of fused-ring (bicyclic) bond motifs is 6. The first kappa shape index (κ1) is 46.2. The zero-order valence-electron chi connectivity index (χ0n) is 37.2. The van der Waals surface area contributed by atoms with Gasteiger partial charge in [-0.3, -0.25) is 14.4 Å². The Morgan fingerprint density at radius 1 is 1.03 bits per heavy atom. The number of nitrogens with zero attached hydrogens (tertiary/aromatic N) is 1. The van der Waals surface area contributed by atoms with E-state index in [-0.39, 0.29) is 23.7 Å². The van der Waals surface area contributed by atoms with Crippen LogP contribution in [-0.2, 0) is 30.3 Å². The highest BCUT2D eigenvalue weighted by molar-refractivity contribution is 7.98. The van der Waals surface area contributed by atoms with Crippen LogP contribution in [0, 0.1) is 46.3 Å². The number of Topliss-reactive ketones (excluding diaryl/α,β-unsaturated/α-hetero) is 1. The molecule has 3 saturated carbocycles. The van der Waals surface area contributed by atoms with Gasteiger partial charge in [0.15, 0.2) is 11.3 Å². The van der Waals surface area contributed by atoms with E-state index in [0.717, 1.165) is 48.5 Å². The van der Waals surface area contributed by atoms with Crippen LogP contribution in [0.2, 0.25) is 0 Å². The van der Waals surface area contributed by atoms with E-state index in [4.69, 9.17) is 10.5 Å². The number of esters is 1. The summed E-state index contributed by atoms with van der Waals surface area (Å²) >= 11 is 5.76. The summed E-state index contributed by atoms with van der Waals surface area (Å²) in [6.45, 7) is 13.7. The number of nitrogens with one attached hydrogen (secondary N) is 2. The summed E-state index contributed by atoms with van der Waals surface area (Å²) in [5.74, 6) is 2.98. The van der Waals surface area contributed by atoms with Gasteiger partial charge < -0.3 is 26.0 Å². The summed E-state index contributed by atoms with van der Waals surface area (Å²) in [7, 11) is 1.60. The summed E-state index contributed by atoms with van der Waals surface area (Å²) in [5.41, 5.74) is 8.03. The van der Waals surface area contributed by atoms with Crippen molar-refractivity contribution in [3.05, 3.63) is 41.5 Å². The molecule has 12 atom stereocenters. The van der Waals surface area contributed by atoms with Gasteiger partial charge in [0.25, 0.3) is 5.91 Å². The Bertz CT molecular complexity index is 1740. The molecule has 1 aliphatic heterocycles. The molecule has 4 N–H and O–H groups in total. The average molecular weight is 851 g/mol. The van der Waals surface area contributed by atoms with E-state index >= 15 is 4.79 Å². The summed E-state index contributed by atoms with van der Waals surface area (Å²) in [6, 6.07) is 4.55. The Labute approximate surface area is 364 Å². The van der Waals surface area contributed by atoms with Gasteiger partial charge in [-0.1, -0.05) is 83.7 Å². The number of amides is 2. The van der Waals surface area contributed by atoms with Gasteiger partial charge in [-0.15, -0.1) is 0 Å². The first-order valence-corrected chi connectivity index (χ1v) is 24.8. The molecule has 1 aromatic rings. The van der Waals surface area contributed by atoms with Crippen LogP contribution in [0.3, 0.4) is 0 Å². The molecule has 3 fully saturated rings. The zero-order valence-corrected chi connectivity index (χ0v) is 38.9. The van der Waals surface area contributed by atoms with E-state index in [1.165, 1.54) is 69.2 Å². The predicted octanol–water partition coefficient (Wildman–Crippen LogP) is 7.94. The minimum atomic E-state index is -1.65. The number of rotatable bonds is 16. The number of likely N-dealkylation sites (N-methyl/N-ethyl adjacent to an activating group) is 1. The van der Waals surface area contributed by atoms with Gasteiger partial charge in [0.05, 0.1) is 12.1 Å². The summed E-state index contributed by atoms with van der Waals surface area (Å²) in [5, 5.41) is 5.98. The molecular weight excluding hydrogens is 777 g/mol. The second-order valence-electron chi connectivity index (χ2n) is 19.9. The van der Waals surface area contributed by atoms with Crippen LogP contribution >= 0.6 is 24.4 Å². The molecule has 11 heteroatoms. The number of ether oxygens (including phenoxy) is 1. The number of carbonyl (C=O) groups is 4. The molecule has 1 aromatic carbocycles. The topological polar surface area (TPSA) is 131 Å². The Morgan fingerprint density at radius 3 is 2.46 bits per heavy atom. The molecule has 0 spiro atoms. The highest BCUT2D eigenvalue weighted by Gasteiger charge is 2.60. The fraction of sp³-hybridized carbons (Fsp3) is 0.750. The van der Waals surface area contributed by atoms with Crippen molar-refractivity contribution in [2.75, 3.05) is 29.7 Å². The largest absolute Gasteiger partial charge is 0.460 e. The third kappa shape index (κ3) is 8.84. The van der Waals surface area contributed by atoms with Crippen LogP contribution in [0.25, 0.3) is 0 Å². The van der Waals surface area contributed by atoms with E-state index < -0.39 is 47.2 Å². The summed E-state index contributed by atoms with van der Waals surface area (Å²) in [4.78, 5) is 58.2. The number of hydrogen-bond acceptors (Lipinski definition) is 9. The quantitative estimate of drug-likeness (QED) is 0.0571. The highest BCUT2D eigenvalue weighted by Crippen LogP contribution is 2.67. The molecule has 2 amide bonds. The normalized spacial score (nSPS) is 33.6. The Balaban J connectivity index is 1.23. The molecule has 6 rings (SSSR count). The van der Waals surface area contributed by atoms with E-state index in [1.807, 2.05) is 30.5 Å². The standard InChI is InChI=1S/C48H74N4O5S2/c1-29(2)12-11-13-30(3)36-18-19-37-35-17-16-33-26-34(21-23-46(33,5)38(35)22-24-47(36,37)6)57-44(55)42(51-31(4)53)41(28-59-8)52-40-15-10-9-14-32(40)20-25-48(50-7,45(52)56)43(54)39(49)27-58/h9-10,14-16,29-30,34-39,41-42,50,58H,11-13,17-28,49H2,1-8H3,(H,51,53)/t30-,34?,35?,36-,37?,38?,39?,41?,42+,46+,47-,48+/m1/s1. The third-order valence-electron chi connectivity index (χ3n) is 16.2. The number of allylic oxidation sites excluding steroid dienone is 1. The van der Waals surface area contributed by atoms with Crippen molar-refractivity contribution in [2.24, 2.45) is 52.1 Å². The van der Waals surface area contributed by atoms with Crippen molar-refractivity contribution in [3.63, 3.8) is 0 Å². The van der Waals surface area contributed by atoms with Gasteiger partial charge >= 0.3 is 5.97 Å². The number of ketones is 1. The number of hydrogen-bond donors (Lipinski definition) is 4. The lowest BCUT2D eigenvalue weighted by atomic mass is 9.47. The van der Waals surface area contributed by atoms with Crippen molar-refractivity contribution in [3.8, 4) is 0 Å². The van der Waals surface area contributed by atoms with E-state index in [9.17, 15) is 14.4 Å².